The molecule has 0 radical (unpaired) electrons. The van der Waals surface area contributed by atoms with E-state index < -0.39 is 26.5 Å². The first-order chi connectivity index (χ1) is 38.5. The molecule has 0 aliphatic heterocycles. The van der Waals surface area contributed by atoms with E-state index in [-0.39, 0.29) is 32.0 Å². The number of hydrogen-bond donors (Lipinski definition) is 0. The number of rotatable bonds is 66. The van der Waals surface area contributed by atoms with Gasteiger partial charge in [-0.3, -0.25) is 14.2 Å². The van der Waals surface area contributed by atoms with Gasteiger partial charge in [0.25, 0.3) is 7.82 Å². The van der Waals surface area contributed by atoms with Crippen LogP contribution in [0.2, 0.25) is 0 Å². The molecule has 0 saturated heterocycles. The number of ether oxygens (including phenoxy) is 2. The van der Waals surface area contributed by atoms with Crippen LogP contribution in [0.15, 0.2) is 12.2 Å². The molecule has 0 bridgehead atoms. The van der Waals surface area contributed by atoms with Gasteiger partial charge < -0.3 is 27.9 Å². The van der Waals surface area contributed by atoms with Crippen molar-refractivity contribution in [1.29, 1.82) is 0 Å². The zero-order chi connectivity index (χ0) is 57.7. The summed E-state index contributed by atoms with van der Waals surface area (Å²) in [5.74, 6) is -0.817. The average molecular weight is 1140 g/mol. The predicted octanol–water partition coefficient (Wildman–Crippen LogP) is 21.7. The number of carbonyl (C=O) groups is 2. The highest BCUT2D eigenvalue weighted by Gasteiger charge is 2.22. The van der Waals surface area contributed by atoms with Crippen molar-refractivity contribution in [3.8, 4) is 0 Å². The van der Waals surface area contributed by atoms with Crippen LogP contribution in [-0.4, -0.2) is 70.0 Å². The van der Waals surface area contributed by atoms with Crippen LogP contribution in [0, 0.1) is 0 Å². The van der Waals surface area contributed by atoms with Crippen LogP contribution in [0.1, 0.15) is 367 Å². The Labute approximate surface area is 492 Å². The lowest BCUT2D eigenvalue weighted by atomic mass is 10.0. The molecule has 0 aromatic carbocycles. The van der Waals surface area contributed by atoms with Crippen LogP contribution >= 0.6 is 7.82 Å². The quantitative estimate of drug-likeness (QED) is 0.0195. The summed E-state index contributed by atoms with van der Waals surface area (Å²) in [6.07, 6.45) is 74.6. The molecule has 0 fully saturated rings. The van der Waals surface area contributed by atoms with Gasteiger partial charge in [-0.25, -0.2) is 0 Å². The number of nitrogens with zero attached hydrogens (tertiary/aromatic N) is 1. The zero-order valence-electron chi connectivity index (χ0n) is 53.6. The maximum Gasteiger partial charge on any atom is 0.306 e. The number of quaternary nitrogens is 1. The number of allylic oxidation sites excluding steroid dienone is 2. The molecule has 79 heavy (non-hydrogen) atoms. The van der Waals surface area contributed by atoms with Gasteiger partial charge >= 0.3 is 11.9 Å². The Morgan fingerprint density at radius 2 is 0.646 bits per heavy atom. The van der Waals surface area contributed by atoms with Crippen LogP contribution in [0.5, 0.6) is 0 Å². The number of unbranched alkanes of at least 4 members (excludes halogenated alkanes) is 50. The first-order valence-electron chi connectivity index (χ1n) is 34.9. The Bertz CT molecular complexity index is 1340. The van der Waals surface area contributed by atoms with Gasteiger partial charge in [0.1, 0.15) is 19.8 Å². The zero-order valence-corrected chi connectivity index (χ0v) is 54.5. The Kier molecular flexibility index (Phi) is 60.3. The molecule has 0 aliphatic carbocycles. The van der Waals surface area contributed by atoms with E-state index in [0.29, 0.717) is 17.4 Å². The first kappa shape index (κ1) is 77.8. The molecule has 0 N–H and O–H groups in total. The van der Waals surface area contributed by atoms with E-state index in [2.05, 4.69) is 26.0 Å². The average Bonchev–Trinajstić information content (AvgIpc) is 3.41. The highest BCUT2D eigenvalue weighted by Crippen LogP contribution is 2.38. The molecule has 0 aromatic heterocycles. The van der Waals surface area contributed by atoms with Gasteiger partial charge in [-0.15, -0.1) is 0 Å². The Morgan fingerprint density at radius 3 is 0.937 bits per heavy atom. The van der Waals surface area contributed by atoms with E-state index >= 15 is 0 Å². The van der Waals surface area contributed by atoms with Gasteiger partial charge in [0, 0.05) is 12.8 Å². The van der Waals surface area contributed by atoms with Crippen molar-refractivity contribution in [2.24, 2.45) is 0 Å². The largest absolute Gasteiger partial charge is 0.756 e. The van der Waals surface area contributed by atoms with Crippen LogP contribution < -0.4 is 4.89 Å². The molecule has 0 spiro atoms. The molecular weight excluding hydrogens is 1000 g/mol. The second-order valence-electron chi connectivity index (χ2n) is 25.3. The highest BCUT2D eigenvalue weighted by atomic mass is 31.2. The van der Waals surface area contributed by atoms with Gasteiger partial charge in [-0.2, -0.15) is 0 Å². The summed E-state index contributed by atoms with van der Waals surface area (Å²) < 4.78 is 34.2. The second kappa shape index (κ2) is 61.3. The second-order valence-corrected chi connectivity index (χ2v) is 26.7. The number of likely N-dealkylation sites (N-methyl/N-ethyl adjacent to an activating group) is 1. The van der Waals surface area contributed by atoms with Gasteiger partial charge in [-0.1, -0.05) is 328 Å². The number of hydrogen-bond acceptors (Lipinski definition) is 8. The van der Waals surface area contributed by atoms with E-state index in [1.54, 1.807) is 0 Å². The summed E-state index contributed by atoms with van der Waals surface area (Å²) in [4.78, 5) is 37.9. The van der Waals surface area contributed by atoms with Crippen molar-refractivity contribution in [3.05, 3.63) is 12.2 Å². The minimum atomic E-state index is -4.63. The summed E-state index contributed by atoms with van der Waals surface area (Å²) in [5, 5.41) is 0. The summed E-state index contributed by atoms with van der Waals surface area (Å²) in [7, 11) is 1.18. The van der Waals surface area contributed by atoms with Gasteiger partial charge in [0.15, 0.2) is 6.10 Å². The molecule has 0 rings (SSSR count). The Balaban J connectivity index is 3.86. The number of esters is 2. The summed E-state index contributed by atoms with van der Waals surface area (Å²) >= 11 is 0. The Morgan fingerprint density at radius 1 is 0.380 bits per heavy atom. The lowest BCUT2D eigenvalue weighted by Crippen LogP contribution is -2.37. The molecule has 0 saturated carbocycles. The van der Waals surface area contributed by atoms with E-state index in [1.807, 2.05) is 21.1 Å². The molecule has 470 valence electrons. The van der Waals surface area contributed by atoms with Crippen molar-refractivity contribution in [2.45, 2.75) is 373 Å². The normalized spacial score (nSPS) is 13.1. The lowest BCUT2D eigenvalue weighted by molar-refractivity contribution is -0.870. The van der Waals surface area contributed by atoms with Crippen LogP contribution in [0.3, 0.4) is 0 Å². The predicted molar refractivity (Wildman–Crippen MR) is 338 cm³/mol. The van der Waals surface area contributed by atoms with E-state index in [4.69, 9.17) is 18.5 Å². The summed E-state index contributed by atoms with van der Waals surface area (Å²) in [5.41, 5.74) is 0. The first-order valence-corrected chi connectivity index (χ1v) is 36.4. The SMILES string of the molecule is CCCCCCCC/C=C\CCCCCCCCCC(=O)OC(COC(=O)CCCCCCCCCCCCCCCCCCCCCCCCCCCCCCCCCCCCCCCC)COP(=O)([O-])OCC[N+](C)(C)C. The van der Waals surface area contributed by atoms with Crippen LogP contribution in [0.4, 0.5) is 0 Å². The molecule has 0 amide bonds. The van der Waals surface area contributed by atoms with Crippen LogP contribution in [-0.2, 0) is 32.7 Å². The third-order valence-electron chi connectivity index (χ3n) is 16.0. The molecule has 9 nitrogen and oxygen atoms in total. The standard InChI is InChI=1S/C69H136NO8P/c1-6-8-10-12-14-16-18-20-22-24-25-26-27-28-29-30-31-32-33-34-35-36-37-38-39-40-41-42-43-44-46-47-49-51-53-55-57-59-61-68(71)75-65-67(66-77-79(73,74)76-64-63-70(3,4)5)78-69(72)62-60-58-56-54-52-50-48-45-23-21-19-17-15-13-11-9-7-2/h21,23,67H,6-20,22,24-66H2,1-5H3/b23-21-. The highest BCUT2D eigenvalue weighted by molar-refractivity contribution is 7.45. The minimum absolute atomic E-state index is 0.0279. The number of carbonyl (C=O) groups excluding carboxylic acids is 2. The van der Waals surface area contributed by atoms with Crippen molar-refractivity contribution < 1.29 is 42.1 Å². The molecule has 0 aromatic rings. The number of phosphoric ester groups is 1. The van der Waals surface area contributed by atoms with Crippen molar-refractivity contribution in [1.82, 2.24) is 0 Å². The van der Waals surface area contributed by atoms with E-state index in [1.165, 1.54) is 289 Å². The fourth-order valence-corrected chi connectivity index (χ4v) is 11.4. The van der Waals surface area contributed by atoms with E-state index in [9.17, 15) is 19.0 Å². The topological polar surface area (TPSA) is 111 Å². The monoisotopic (exact) mass is 1140 g/mol. The van der Waals surface area contributed by atoms with Crippen molar-refractivity contribution >= 4 is 19.8 Å². The van der Waals surface area contributed by atoms with Crippen molar-refractivity contribution in [2.75, 3.05) is 47.5 Å². The minimum Gasteiger partial charge on any atom is -0.756 e. The smallest absolute Gasteiger partial charge is 0.306 e. The van der Waals surface area contributed by atoms with Crippen LogP contribution in [0.25, 0.3) is 0 Å². The third-order valence-corrected chi connectivity index (χ3v) is 17.0. The number of phosphoric acid groups is 1. The molecule has 10 heteroatoms. The van der Waals surface area contributed by atoms with E-state index in [0.717, 1.165) is 44.9 Å². The molecule has 0 heterocycles. The molecule has 0 aliphatic rings. The maximum absolute atomic E-state index is 12.8. The van der Waals surface area contributed by atoms with Gasteiger partial charge in [-0.05, 0) is 38.5 Å². The third kappa shape index (κ3) is 65.8. The maximum atomic E-state index is 12.8. The van der Waals surface area contributed by atoms with Gasteiger partial charge in [0.2, 0.25) is 0 Å². The summed E-state index contributed by atoms with van der Waals surface area (Å²) in [6, 6.07) is 0. The van der Waals surface area contributed by atoms with Crippen molar-refractivity contribution in [3.63, 3.8) is 0 Å². The molecule has 2 atom stereocenters. The fourth-order valence-electron chi connectivity index (χ4n) is 10.7. The fraction of sp³-hybridized carbons (Fsp3) is 0.942. The molecular formula is C69H136NO8P. The summed E-state index contributed by atoms with van der Waals surface area (Å²) in [6.45, 7) is 4.30. The molecule has 2 unspecified atom stereocenters. The Hall–Kier alpha value is -1.25. The lowest BCUT2D eigenvalue weighted by Gasteiger charge is -2.28. The van der Waals surface area contributed by atoms with Gasteiger partial charge in [0.05, 0.1) is 27.7 Å².